The van der Waals surface area contributed by atoms with Crippen LogP contribution >= 0.6 is 11.6 Å². The van der Waals surface area contributed by atoms with Crippen molar-refractivity contribution >= 4 is 30.7 Å². The summed E-state index contributed by atoms with van der Waals surface area (Å²) in [6, 6.07) is 1.60. The third-order valence-electron chi connectivity index (χ3n) is 0.946. The molecule has 0 fully saturated rings. The lowest BCUT2D eigenvalue weighted by atomic mass is 10.0. The Hall–Kier alpha value is -0.695. The van der Waals surface area contributed by atoms with Crippen molar-refractivity contribution in [1.29, 1.82) is 0 Å². The van der Waals surface area contributed by atoms with Gasteiger partial charge in [-0.15, -0.1) is 0 Å². The molecule has 9 heavy (non-hydrogen) atoms. The fourth-order valence-corrected chi connectivity index (χ4v) is 0.587. The maximum Gasteiger partial charge on any atom is 0.143 e. The minimum atomic E-state index is 0.275. The van der Waals surface area contributed by atoms with Crippen LogP contribution in [0.1, 0.15) is 0 Å². The number of halogens is 1. The number of rotatable bonds is 0. The van der Waals surface area contributed by atoms with Crippen LogP contribution in [0.4, 0.5) is 5.69 Å². The van der Waals surface area contributed by atoms with E-state index in [1.165, 1.54) is 6.20 Å². The Morgan fingerprint density at radius 1 is 1.67 bits per heavy atom. The summed E-state index contributed by atoms with van der Waals surface area (Å²) >= 11 is 5.57. The Balaban J connectivity index is 3.25. The first-order chi connectivity index (χ1) is 4.22. The van der Waals surface area contributed by atoms with Crippen LogP contribution in [-0.2, 0) is 0 Å². The fraction of sp³-hybridized carbons (Fsp3) is 0. The number of nitrogens with two attached hydrogens (primary N) is 1. The van der Waals surface area contributed by atoms with Gasteiger partial charge in [0.2, 0.25) is 0 Å². The molecule has 44 valence electrons. The molecule has 2 radical (unpaired) electrons. The normalized spacial score (nSPS) is 9.44. The van der Waals surface area contributed by atoms with Gasteiger partial charge in [-0.05, 0) is 6.07 Å². The Bertz CT molecular complexity index is 206. The zero-order valence-corrected chi connectivity index (χ0v) is 5.39. The fourth-order valence-electron chi connectivity index (χ4n) is 0.476. The number of aromatic nitrogens is 1. The molecule has 0 unspecified atom stereocenters. The van der Waals surface area contributed by atoms with Gasteiger partial charge in [-0.25, -0.2) is 0 Å². The topological polar surface area (TPSA) is 38.9 Å². The molecule has 0 amide bonds. The van der Waals surface area contributed by atoms with Gasteiger partial charge in [-0.2, -0.15) is 0 Å². The van der Waals surface area contributed by atoms with Gasteiger partial charge in [0.1, 0.15) is 7.85 Å². The Morgan fingerprint density at radius 3 is 2.78 bits per heavy atom. The number of anilines is 1. The first kappa shape index (κ1) is 6.43. The largest absolute Gasteiger partial charge is 0.397 e. The summed E-state index contributed by atoms with van der Waals surface area (Å²) in [5, 5.41) is 0.331. The molecule has 0 saturated heterocycles. The van der Waals surface area contributed by atoms with Crippen LogP contribution in [0.2, 0.25) is 5.02 Å². The molecule has 0 aliphatic rings. The predicted molar refractivity (Wildman–Crippen MR) is 39.0 cm³/mol. The lowest BCUT2D eigenvalue weighted by Crippen LogP contribution is -2.10. The van der Waals surface area contributed by atoms with Crippen LogP contribution < -0.4 is 11.3 Å². The number of hydrogen-bond donors (Lipinski definition) is 1. The van der Waals surface area contributed by atoms with E-state index in [9.17, 15) is 0 Å². The molecule has 0 atom stereocenters. The molecule has 0 spiro atoms. The van der Waals surface area contributed by atoms with E-state index in [1.54, 1.807) is 6.07 Å². The molecule has 1 aromatic rings. The highest BCUT2D eigenvalue weighted by atomic mass is 35.5. The second-order valence-corrected chi connectivity index (χ2v) is 1.98. The van der Waals surface area contributed by atoms with Crippen molar-refractivity contribution in [2.45, 2.75) is 0 Å². The average molecular weight is 138 g/mol. The van der Waals surface area contributed by atoms with Crippen LogP contribution in [-0.4, -0.2) is 12.8 Å². The van der Waals surface area contributed by atoms with Gasteiger partial charge >= 0.3 is 0 Å². The van der Waals surface area contributed by atoms with E-state index in [4.69, 9.17) is 25.2 Å². The first-order valence-electron chi connectivity index (χ1n) is 2.37. The van der Waals surface area contributed by atoms with Crippen molar-refractivity contribution in [1.82, 2.24) is 4.98 Å². The summed E-state index contributed by atoms with van der Waals surface area (Å²) < 4.78 is 0. The smallest absolute Gasteiger partial charge is 0.143 e. The van der Waals surface area contributed by atoms with E-state index in [1.807, 2.05) is 0 Å². The molecule has 1 rings (SSSR count). The van der Waals surface area contributed by atoms with Crippen LogP contribution in [0.15, 0.2) is 12.3 Å². The summed E-state index contributed by atoms with van der Waals surface area (Å²) in [5.41, 5.74) is 6.11. The van der Waals surface area contributed by atoms with Gasteiger partial charge in [0.15, 0.2) is 0 Å². The summed E-state index contributed by atoms with van der Waals surface area (Å²) in [5.74, 6) is 0. The van der Waals surface area contributed by atoms with Crippen molar-refractivity contribution < 1.29 is 0 Å². The zero-order chi connectivity index (χ0) is 6.85. The van der Waals surface area contributed by atoms with Crippen LogP contribution in [0.25, 0.3) is 0 Å². The molecule has 1 aromatic heterocycles. The highest BCUT2D eigenvalue weighted by Crippen LogP contribution is 2.11. The Morgan fingerprint density at radius 2 is 2.33 bits per heavy atom. The molecule has 4 heteroatoms. The number of nitrogen functional groups attached to an aromatic ring is 1. The van der Waals surface area contributed by atoms with Crippen molar-refractivity contribution in [3.8, 4) is 0 Å². The van der Waals surface area contributed by atoms with E-state index >= 15 is 0 Å². The molecule has 0 aromatic carbocycles. The van der Waals surface area contributed by atoms with Crippen molar-refractivity contribution in [3.63, 3.8) is 0 Å². The molecule has 1 heterocycles. The second kappa shape index (κ2) is 2.27. The third kappa shape index (κ3) is 1.16. The minimum absolute atomic E-state index is 0.275. The maximum absolute atomic E-state index is 5.57. The van der Waals surface area contributed by atoms with Crippen LogP contribution in [0.3, 0.4) is 0 Å². The highest BCUT2D eigenvalue weighted by Gasteiger charge is 1.96. The lowest BCUT2D eigenvalue weighted by molar-refractivity contribution is 1.39. The third-order valence-corrected chi connectivity index (χ3v) is 1.36. The first-order valence-corrected chi connectivity index (χ1v) is 2.75. The van der Waals surface area contributed by atoms with E-state index in [0.717, 1.165) is 0 Å². The van der Waals surface area contributed by atoms with Gasteiger partial charge in [-0.1, -0.05) is 11.6 Å². The van der Waals surface area contributed by atoms with Crippen molar-refractivity contribution in [2.24, 2.45) is 0 Å². The molecule has 2 N–H and O–H groups in total. The monoisotopic (exact) mass is 138 g/mol. The van der Waals surface area contributed by atoms with Gasteiger partial charge in [-0.3, -0.25) is 4.98 Å². The minimum Gasteiger partial charge on any atom is -0.397 e. The molecule has 0 aliphatic heterocycles. The molecular formula is C5H4BClN2. The lowest BCUT2D eigenvalue weighted by Gasteiger charge is -1.97. The maximum atomic E-state index is 5.57. The van der Waals surface area contributed by atoms with Crippen LogP contribution in [0, 0.1) is 0 Å². The number of pyridine rings is 1. The Kier molecular flexibility index (Phi) is 1.62. The molecule has 0 bridgehead atoms. The van der Waals surface area contributed by atoms with E-state index < -0.39 is 0 Å². The standard InChI is InChI=1S/C5H4BClN2/c6-5-4(7)3(8)1-2-9-5/h1-2H,(H2,8,9). The number of hydrogen-bond acceptors (Lipinski definition) is 2. The van der Waals surface area contributed by atoms with Gasteiger partial charge in [0, 0.05) is 11.8 Å². The zero-order valence-electron chi connectivity index (χ0n) is 4.63. The molecule has 2 nitrogen and oxygen atoms in total. The summed E-state index contributed by atoms with van der Waals surface area (Å²) in [6.45, 7) is 0. The number of nitrogens with zero attached hydrogens (tertiary/aromatic N) is 1. The summed E-state index contributed by atoms with van der Waals surface area (Å²) in [4.78, 5) is 3.71. The SMILES string of the molecule is [B]c1nccc(N)c1Cl. The molecule has 0 saturated carbocycles. The van der Waals surface area contributed by atoms with Crippen LogP contribution in [0.5, 0.6) is 0 Å². The quantitative estimate of drug-likeness (QED) is 0.517. The van der Waals surface area contributed by atoms with E-state index in [0.29, 0.717) is 10.7 Å². The van der Waals surface area contributed by atoms with E-state index in [-0.39, 0.29) is 5.59 Å². The highest BCUT2D eigenvalue weighted by molar-refractivity contribution is 6.45. The summed E-state index contributed by atoms with van der Waals surface area (Å²) in [7, 11) is 5.30. The van der Waals surface area contributed by atoms with E-state index in [2.05, 4.69) is 4.98 Å². The predicted octanol–water partition coefficient (Wildman–Crippen LogP) is 0.111. The van der Waals surface area contributed by atoms with Crippen molar-refractivity contribution in [2.75, 3.05) is 5.73 Å². The van der Waals surface area contributed by atoms with Gasteiger partial charge in [0.05, 0.1) is 10.7 Å². The second-order valence-electron chi connectivity index (χ2n) is 1.60. The average Bonchev–Trinajstić information content (AvgIpc) is 1.83. The van der Waals surface area contributed by atoms with Gasteiger partial charge < -0.3 is 5.73 Å². The molecular weight excluding hydrogens is 134 g/mol. The van der Waals surface area contributed by atoms with Crippen molar-refractivity contribution in [3.05, 3.63) is 17.3 Å². The molecule has 0 aliphatic carbocycles. The Labute approximate surface area is 59.4 Å². The summed E-state index contributed by atoms with van der Waals surface area (Å²) in [6.07, 6.45) is 1.51. The van der Waals surface area contributed by atoms with Gasteiger partial charge in [0.25, 0.3) is 0 Å².